The molecule has 0 aliphatic heterocycles. The smallest absolute Gasteiger partial charge is 0.126 e. The van der Waals surface area contributed by atoms with Gasteiger partial charge in [-0.15, -0.1) is 0 Å². The van der Waals surface area contributed by atoms with Crippen molar-refractivity contribution in [1.82, 2.24) is 5.43 Å². The Balaban J connectivity index is 2.57. The Labute approximate surface area is 110 Å². The molecule has 0 saturated carbocycles. The molecule has 0 aliphatic carbocycles. The molecule has 1 atom stereocenters. The van der Waals surface area contributed by atoms with Crippen molar-refractivity contribution >= 4 is 15.9 Å². The van der Waals surface area contributed by atoms with Gasteiger partial charge in [0.15, 0.2) is 0 Å². The highest BCUT2D eigenvalue weighted by Crippen LogP contribution is 2.17. The number of benzene rings is 1. The number of nitrogens with one attached hydrogen (secondary N) is 1. The van der Waals surface area contributed by atoms with E-state index in [1.165, 1.54) is 6.07 Å². The molecule has 0 radical (unpaired) electrons. The lowest BCUT2D eigenvalue weighted by Crippen LogP contribution is -2.40. The zero-order valence-electron chi connectivity index (χ0n) is 9.88. The molecule has 0 spiro atoms. The van der Waals surface area contributed by atoms with Crippen LogP contribution in [-0.4, -0.2) is 19.3 Å². The summed E-state index contributed by atoms with van der Waals surface area (Å²) in [5, 5.41) is 0. The summed E-state index contributed by atoms with van der Waals surface area (Å²) in [5.74, 6) is 5.21. The SMILES string of the molecule is CCCOCC(Cc1cc(Br)ccc1F)NN. The molecule has 0 saturated heterocycles. The normalized spacial score (nSPS) is 12.7. The zero-order chi connectivity index (χ0) is 12.7. The highest BCUT2D eigenvalue weighted by atomic mass is 79.9. The molecule has 3 N–H and O–H groups in total. The highest BCUT2D eigenvalue weighted by Gasteiger charge is 2.11. The van der Waals surface area contributed by atoms with Crippen molar-refractivity contribution in [2.24, 2.45) is 5.84 Å². The first-order valence-electron chi connectivity index (χ1n) is 5.65. The fraction of sp³-hybridized carbons (Fsp3) is 0.500. The average Bonchev–Trinajstić information content (AvgIpc) is 2.32. The molecule has 3 nitrogen and oxygen atoms in total. The summed E-state index contributed by atoms with van der Waals surface area (Å²) in [6.45, 7) is 3.22. The van der Waals surface area contributed by atoms with Crippen LogP contribution in [0.15, 0.2) is 22.7 Å². The molecule has 96 valence electrons. The van der Waals surface area contributed by atoms with E-state index in [1.807, 2.05) is 6.92 Å². The van der Waals surface area contributed by atoms with Crippen LogP contribution in [-0.2, 0) is 11.2 Å². The van der Waals surface area contributed by atoms with Gasteiger partial charge in [0.05, 0.1) is 6.61 Å². The van der Waals surface area contributed by atoms with E-state index in [2.05, 4.69) is 21.4 Å². The molecule has 17 heavy (non-hydrogen) atoms. The van der Waals surface area contributed by atoms with E-state index in [1.54, 1.807) is 12.1 Å². The lowest BCUT2D eigenvalue weighted by atomic mass is 10.1. The molecule has 0 bridgehead atoms. The first-order chi connectivity index (χ1) is 8.17. The van der Waals surface area contributed by atoms with E-state index in [0.29, 0.717) is 25.2 Å². The molecule has 5 heteroatoms. The van der Waals surface area contributed by atoms with Gasteiger partial charge in [-0.2, -0.15) is 0 Å². The summed E-state index contributed by atoms with van der Waals surface area (Å²) in [4.78, 5) is 0. The summed E-state index contributed by atoms with van der Waals surface area (Å²) < 4.78 is 19.8. The number of hydrogen-bond donors (Lipinski definition) is 2. The van der Waals surface area contributed by atoms with E-state index in [9.17, 15) is 4.39 Å². The molecule has 0 aliphatic rings. The van der Waals surface area contributed by atoms with Gasteiger partial charge in [0.2, 0.25) is 0 Å². The zero-order valence-corrected chi connectivity index (χ0v) is 11.5. The van der Waals surface area contributed by atoms with Crippen LogP contribution in [0.1, 0.15) is 18.9 Å². The Morgan fingerprint density at radius 1 is 1.53 bits per heavy atom. The van der Waals surface area contributed by atoms with Crippen LogP contribution >= 0.6 is 15.9 Å². The second kappa shape index (κ2) is 7.76. The predicted octanol–water partition coefficient (Wildman–Crippen LogP) is 2.39. The first kappa shape index (κ1) is 14.6. The molecule has 0 heterocycles. The number of hydrogen-bond acceptors (Lipinski definition) is 3. The van der Waals surface area contributed by atoms with Gasteiger partial charge in [0.1, 0.15) is 5.82 Å². The minimum absolute atomic E-state index is 0.0784. The first-order valence-corrected chi connectivity index (χ1v) is 6.44. The summed E-state index contributed by atoms with van der Waals surface area (Å²) in [6, 6.07) is 4.81. The molecular formula is C12H18BrFN2O. The van der Waals surface area contributed by atoms with E-state index >= 15 is 0 Å². The highest BCUT2D eigenvalue weighted by molar-refractivity contribution is 9.10. The quantitative estimate of drug-likeness (QED) is 0.462. The van der Waals surface area contributed by atoms with Crippen LogP contribution in [0.2, 0.25) is 0 Å². The standard InChI is InChI=1S/C12H18BrFN2O/c1-2-5-17-8-11(16-15)7-9-6-10(13)3-4-12(9)14/h3-4,6,11,16H,2,5,7-8,15H2,1H3. The third-order valence-electron chi connectivity index (χ3n) is 2.38. The summed E-state index contributed by atoms with van der Waals surface area (Å²) >= 11 is 3.32. The van der Waals surface area contributed by atoms with Crippen LogP contribution in [0.4, 0.5) is 4.39 Å². The number of rotatable bonds is 7. The number of ether oxygens (including phenoxy) is 1. The largest absolute Gasteiger partial charge is 0.380 e. The van der Waals surface area contributed by atoms with E-state index in [4.69, 9.17) is 10.6 Å². The van der Waals surface area contributed by atoms with Gasteiger partial charge in [-0.05, 0) is 36.6 Å². The van der Waals surface area contributed by atoms with Crippen molar-refractivity contribution < 1.29 is 9.13 Å². The van der Waals surface area contributed by atoms with Crippen molar-refractivity contribution in [2.45, 2.75) is 25.8 Å². The van der Waals surface area contributed by atoms with Crippen molar-refractivity contribution in [2.75, 3.05) is 13.2 Å². The maximum absolute atomic E-state index is 13.5. The Bertz CT molecular complexity index is 349. The molecule has 0 fully saturated rings. The number of hydrazine groups is 1. The van der Waals surface area contributed by atoms with E-state index in [0.717, 1.165) is 10.9 Å². The van der Waals surface area contributed by atoms with Gasteiger partial charge in [0, 0.05) is 17.1 Å². The van der Waals surface area contributed by atoms with Crippen LogP contribution in [0.3, 0.4) is 0 Å². The van der Waals surface area contributed by atoms with Crippen molar-refractivity contribution in [3.8, 4) is 0 Å². The summed E-state index contributed by atoms with van der Waals surface area (Å²) in [6.07, 6.45) is 1.47. The third-order valence-corrected chi connectivity index (χ3v) is 2.87. The van der Waals surface area contributed by atoms with Crippen LogP contribution in [0, 0.1) is 5.82 Å². The number of halogens is 2. The van der Waals surface area contributed by atoms with Crippen molar-refractivity contribution in [3.63, 3.8) is 0 Å². The molecule has 0 amide bonds. The van der Waals surface area contributed by atoms with Gasteiger partial charge < -0.3 is 4.74 Å². The number of nitrogens with two attached hydrogens (primary N) is 1. The molecule has 1 unspecified atom stereocenters. The lowest BCUT2D eigenvalue weighted by molar-refractivity contribution is 0.111. The predicted molar refractivity (Wildman–Crippen MR) is 70.0 cm³/mol. The third kappa shape index (κ3) is 5.12. The van der Waals surface area contributed by atoms with Crippen LogP contribution in [0.5, 0.6) is 0 Å². The minimum Gasteiger partial charge on any atom is -0.380 e. The van der Waals surface area contributed by atoms with Gasteiger partial charge in [-0.1, -0.05) is 22.9 Å². The minimum atomic E-state index is -0.219. The molecule has 0 aromatic heterocycles. The Hall–Kier alpha value is -0.490. The monoisotopic (exact) mass is 304 g/mol. The second-order valence-corrected chi connectivity index (χ2v) is 4.79. The Kier molecular flexibility index (Phi) is 6.65. The van der Waals surface area contributed by atoms with Crippen LogP contribution < -0.4 is 11.3 Å². The van der Waals surface area contributed by atoms with E-state index in [-0.39, 0.29) is 11.9 Å². The second-order valence-electron chi connectivity index (χ2n) is 3.88. The summed E-state index contributed by atoms with van der Waals surface area (Å²) in [7, 11) is 0. The van der Waals surface area contributed by atoms with Gasteiger partial charge in [-0.3, -0.25) is 11.3 Å². The average molecular weight is 305 g/mol. The maximum atomic E-state index is 13.5. The molecule has 1 rings (SSSR count). The lowest BCUT2D eigenvalue weighted by Gasteiger charge is -2.16. The van der Waals surface area contributed by atoms with Crippen molar-refractivity contribution in [1.29, 1.82) is 0 Å². The molecule has 1 aromatic rings. The van der Waals surface area contributed by atoms with E-state index < -0.39 is 0 Å². The Morgan fingerprint density at radius 2 is 2.29 bits per heavy atom. The van der Waals surface area contributed by atoms with Gasteiger partial charge >= 0.3 is 0 Å². The van der Waals surface area contributed by atoms with Crippen molar-refractivity contribution in [3.05, 3.63) is 34.1 Å². The summed E-state index contributed by atoms with van der Waals surface area (Å²) in [5.41, 5.74) is 3.28. The van der Waals surface area contributed by atoms with Gasteiger partial charge in [-0.25, -0.2) is 4.39 Å². The molecule has 1 aromatic carbocycles. The topological polar surface area (TPSA) is 47.3 Å². The van der Waals surface area contributed by atoms with Crippen LogP contribution in [0.25, 0.3) is 0 Å². The van der Waals surface area contributed by atoms with Gasteiger partial charge in [0.25, 0.3) is 0 Å². The molecular weight excluding hydrogens is 287 g/mol. The Morgan fingerprint density at radius 3 is 2.94 bits per heavy atom. The fourth-order valence-electron chi connectivity index (χ4n) is 1.50. The maximum Gasteiger partial charge on any atom is 0.126 e. The fourth-order valence-corrected chi connectivity index (χ4v) is 1.91.